The van der Waals surface area contributed by atoms with Gasteiger partial charge in [0.15, 0.2) is 5.82 Å². The molecular formula is C18H17N5O. The van der Waals surface area contributed by atoms with Gasteiger partial charge in [-0.15, -0.1) is 0 Å². The Bertz CT molecular complexity index is 875. The molecule has 120 valence electrons. The maximum absolute atomic E-state index is 13.0. The number of fused-ring (bicyclic) bond motifs is 1. The monoisotopic (exact) mass is 319 g/mol. The van der Waals surface area contributed by atoms with E-state index < -0.39 is 0 Å². The lowest BCUT2D eigenvalue weighted by atomic mass is 9.91. The van der Waals surface area contributed by atoms with Crippen molar-refractivity contribution >= 4 is 11.6 Å². The van der Waals surface area contributed by atoms with Crippen LogP contribution < -0.4 is 4.90 Å². The Morgan fingerprint density at radius 1 is 1.25 bits per heavy atom. The number of carbonyl (C=O) groups excluding carboxylic acids is 1. The summed E-state index contributed by atoms with van der Waals surface area (Å²) in [6, 6.07) is 11.6. The first-order valence-electron chi connectivity index (χ1n) is 7.96. The SMILES string of the molecule is C[C@H]1CCN(C(=O)c2ccnc(-n3cncn3)c2)c2ccccc21. The molecule has 1 aliphatic heterocycles. The van der Waals surface area contributed by atoms with E-state index in [2.05, 4.69) is 28.1 Å². The number of para-hydroxylation sites is 1. The van der Waals surface area contributed by atoms with Crippen LogP contribution >= 0.6 is 0 Å². The zero-order valence-electron chi connectivity index (χ0n) is 13.3. The van der Waals surface area contributed by atoms with E-state index in [0.29, 0.717) is 17.3 Å². The number of nitrogens with zero attached hydrogens (tertiary/aromatic N) is 5. The summed E-state index contributed by atoms with van der Waals surface area (Å²) >= 11 is 0. The van der Waals surface area contributed by atoms with Gasteiger partial charge in [-0.1, -0.05) is 25.1 Å². The highest BCUT2D eigenvalue weighted by Gasteiger charge is 2.27. The van der Waals surface area contributed by atoms with Gasteiger partial charge in [0.2, 0.25) is 0 Å². The molecule has 1 atom stereocenters. The number of rotatable bonds is 2. The zero-order valence-corrected chi connectivity index (χ0v) is 13.3. The van der Waals surface area contributed by atoms with Gasteiger partial charge in [0.05, 0.1) is 0 Å². The Labute approximate surface area is 139 Å². The third kappa shape index (κ3) is 2.46. The number of hydrogen-bond donors (Lipinski definition) is 0. The van der Waals surface area contributed by atoms with E-state index in [1.54, 1.807) is 29.3 Å². The van der Waals surface area contributed by atoms with Crippen molar-refractivity contribution in [2.75, 3.05) is 11.4 Å². The minimum Gasteiger partial charge on any atom is -0.308 e. The molecule has 3 heterocycles. The Hall–Kier alpha value is -3.02. The van der Waals surface area contributed by atoms with Crippen LogP contribution in [0.15, 0.2) is 55.2 Å². The Balaban J connectivity index is 1.70. The van der Waals surface area contributed by atoms with E-state index in [1.165, 1.54) is 11.9 Å². The lowest BCUT2D eigenvalue weighted by molar-refractivity contribution is 0.0984. The molecule has 6 nitrogen and oxygen atoms in total. The van der Waals surface area contributed by atoms with Gasteiger partial charge < -0.3 is 4.90 Å². The number of hydrogen-bond acceptors (Lipinski definition) is 4. The first-order chi connectivity index (χ1) is 11.7. The van der Waals surface area contributed by atoms with Crippen molar-refractivity contribution in [3.8, 4) is 5.82 Å². The average molecular weight is 319 g/mol. The number of amides is 1. The number of aromatic nitrogens is 4. The van der Waals surface area contributed by atoms with Crippen molar-refractivity contribution in [2.45, 2.75) is 19.3 Å². The zero-order chi connectivity index (χ0) is 16.5. The summed E-state index contributed by atoms with van der Waals surface area (Å²) in [6.07, 6.45) is 5.60. The van der Waals surface area contributed by atoms with E-state index in [-0.39, 0.29) is 5.91 Å². The molecule has 1 aromatic carbocycles. The molecule has 2 aromatic heterocycles. The number of benzene rings is 1. The number of anilines is 1. The lowest BCUT2D eigenvalue weighted by Gasteiger charge is -2.33. The van der Waals surface area contributed by atoms with Gasteiger partial charge in [-0.3, -0.25) is 4.79 Å². The molecule has 0 saturated heterocycles. The third-order valence-corrected chi connectivity index (χ3v) is 4.44. The van der Waals surface area contributed by atoms with E-state index in [9.17, 15) is 4.79 Å². The van der Waals surface area contributed by atoms with Crippen LogP contribution in [0.3, 0.4) is 0 Å². The van der Waals surface area contributed by atoms with E-state index in [4.69, 9.17) is 0 Å². The second-order valence-corrected chi connectivity index (χ2v) is 5.95. The smallest absolute Gasteiger partial charge is 0.258 e. The van der Waals surface area contributed by atoms with Crippen molar-refractivity contribution in [3.05, 3.63) is 66.4 Å². The Morgan fingerprint density at radius 2 is 2.12 bits per heavy atom. The molecule has 1 amide bonds. The van der Waals surface area contributed by atoms with E-state index >= 15 is 0 Å². The molecule has 0 spiro atoms. The first-order valence-corrected chi connectivity index (χ1v) is 7.96. The molecule has 0 saturated carbocycles. The van der Waals surface area contributed by atoms with Gasteiger partial charge >= 0.3 is 0 Å². The fourth-order valence-corrected chi connectivity index (χ4v) is 3.12. The fourth-order valence-electron chi connectivity index (χ4n) is 3.12. The summed E-state index contributed by atoms with van der Waals surface area (Å²) in [5.41, 5.74) is 2.82. The predicted molar refractivity (Wildman–Crippen MR) is 90.3 cm³/mol. The average Bonchev–Trinajstić information content (AvgIpc) is 3.17. The summed E-state index contributed by atoms with van der Waals surface area (Å²) in [7, 11) is 0. The summed E-state index contributed by atoms with van der Waals surface area (Å²) in [5, 5.41) is 4.06. The van der Waals surface area contributed by atoms with Crippen LogP contribution in [0.2, 0.25) is 0 Å². The fraction of sp³-hybridized carbons (Fsp3) is 0.222. The molecule has 0 radical (unpaired) electrons. The molecule has 1 aliphatic rings. The second kappa shape index (κ2) is 5.88. The van der Waals surface area contributed by atoms with Crippen molar-refractivity contribution in [1.82, 2.24) is 19.7 Å². The van der Waals surface area contributed by atoms with Crippen LogP contribution in [-0.4, -0.2) is 32.2 Å². The van der Waals surface area contributed by atoms with Crippen LogP contribution in [0.25, 0.3) is 5.82 Å². The molecule has 0 bridgehead atoms. The van der Waals surface area contributed by atoms with Crippen LogP contribution in [-0.2, 0) is 0 Å². The largest absolute Gasteiger partial charge is 0.308 e. The van der Waals surface area contributed by atoms with Crippen LogP contribution in [0.4, 0.5) is 5.69 Å². The molecule has 0 N–H and O–H groups in total. The van der Waals surface area contributed by atoms with Crippen molar-refractivity contribution in [3.63, 3.8) is 0 Å². The normalized spacial score (nSPS) is 16.7. The highest BCUT2D eigenvalue weighted by Crippen LogP contribution is 2.35. The molecule has 0 unspecified atom stereocenters. The highest BCUT2D eigenvalue weighted by atomic mass is 16.2. The Morgan fingerprint density at radius 3 is 2.96 bits per heavy atom. The number of carbonyl (C=O) groups is 1. The third-order valence-electron chi connectivity index (χ3n) is 4.44. The van der Waals surface area contributed by atoms with Crippen LogP contribution in [0.5, 0.6) is 0 Å². The van der Waals surface area contributed by atoms with E-state index in [0.717, 1.165) is 18.7 Å². The first kappa shape index (κ1) is 14.6. The van der Waals surface area contributed by atoms with Gasteiger partial charge in [-0.25, -0.2) is 14.6 Å². The van der Waals surface area contributed by atoms with Crippen molar-refractivity contribution in [2.24, 2.45) is 0 Å². The molecule has 4 rings (SSSR count). The van der Waals surface area contributed by atoms with Gasteiger partial charge in [-0.2, -0.15) is 5.10 Å². The van der Waals surface area contributed by atoms with Gasteiger partial charge in [0.25, 0.3) is 5.91 Å². The minimum absolute atomic E-state index is 0.0156. The standard InChI is InChI=1S/C18H17N5O/c1-13-7-9-22(16-5-3-2-4-15(13)16)18(24)14-6-8-20-17(10-14)23-12-19-11-21-23/h2-6,8,10-13H,7,9H2,1H3/t13-/m0/s1. The molecule has 0 fully saturated rings. The quantitative estimate of drug-likeness (QED) is 0.728. The Kier molecular flexibility index (Phi) is 3.57. The maximum atomic E-state index is 13.0. The predicted octanol–water partition coefficient (Wildman–Crippen LogP) is 2.82. The number of pyridine rings is 1. The van der Waals surface area contributed by atoms with Gasteiger partial charge in [-0.05, 0) is 36.1 Å². The molecule has 3 aromatic rings. The highest BCUT2D eigenvalue weighted by molar-refractivity contribution is 6.07. The van der Waals surface area contributed by atoms with Gasteiger partial charge in [0, 0.05) is 24.0 Å². The summed E-state index contributed by atoms with van der Waals surface area (Å²) in [6.45, 7) is 2.92. The summed E-state index contributed by atoms with van der Waals surface area (Å²) in [4.78, 5) is 23.1. The van der Waals surface area contributed by atoms with E-state index in [1.807, 2.05) is 23.1 Å². The molecule has 0 aliphatic carbocycles. The van der Waals surface area contributed by atoms with Crippen molar-refractivity contribution in [1.29, 1.82) is 0 Å². The topological polar surface area (TPSA) is 63.9 Å². The molecular weight excluding hydrogens is 302 g/mol. The van der Waals surface area contributed by atoms with Crippen molar-refractivity contribution < 1.29 is 4.79 Å². The summed E-state index contributed by atoms with van der Waals surface area (Å²) in [5.74, 6) is 1.03. The maximum Gasteiger partial charge on any atom is 0.258 e. The summed E-state index contributed by atoms with van der Waals surface area (Å²) < 4.78 is 1.54. The molecule has 6 heteroatoms. The van der Waals surface area contributed by atoms with Crippen LogP contribution in [0.1, 0.15) is 35.2 Å². The van der Waals surface area contributed by atoms with Gasteiger partial charge in [0.1, 0.15) is 12.7 Å². The lowest BCUT2D eigenvalue weighted by Crippen LogP contribution is -2.36. The second-order valence-electron chi connectivity index (χ2n) is 5.95. The van der Waals surface area contributed by atoms with Crippen LogP contribution in [0, 0.1) is 0 Å². The minimum atomic E-state index is -0.0156. The molecule has 24 heavy (non-hydrogen) atoms.